The summed E-state index contributed by atoms with van der Waals surface area (Å²) in [5, 5.41) is 17.3. The molecule has 5 aromatic rings. The van der Waals surface area contributed by atoms with Crippen molar-refractivity contribution in [1.29, 1.82) is 0 Å². The Bertz CT molecular complexity index is 1370. The Labute approximate surface area is 183 Å². The Morgan fingerprint density at radius 2 is 1.81 bits per heavy atom. The molecule has 1 amide bonds. The number of aromatic nitrogens is 4. The molecule has 0 spiro atoms. The van der Waals surface area contributed by atoms with Gasteiger partial charge < -0.3 is 5.32 Å². The Morgan fingerprint density at radius 3 is 2.68 bits per heavy atom. The van der Waals surface area contributed by atoms with Gasteiger partial charge in [-0.15, -0.1) is 0 Å². The maximum Gasteiger partial charge on any atom is 0.274 e. The number of nitrogens with one attached hydrogen (secondary N) is 2. The van der Waals surface area contributed by atoms with E-state index in [0.29, 0.717) is 28.8 Å². The highest BCUT2D eigenvalue weighted by Gasteiger charge is 2.13. The molecule has 0 unspecified atom stereocenters. The summed E-state index contributed by atoms with van der Waals surface area (Å²) in [6.45, 7) is 0.613. The van der Waals surface area contributed by atoms with Crippen LogP contribution in [-0.4, -0.2) is 25.9 Å². The van der Waals surface area contributed by atoms with E-state index < -0.39 is 0 Å². The van der Waals surface area contributed by atoms with Crippen LogP contribution in [0.4, 0.5) is 5.82 Å². The molecule has 152 valence electrons. The van der Waals surface area contributed by atoms with Gasteiger partial charge in [-0.3, -0.25) is 14.6 Å². The lowest BCUT2D eigenvalue weighted by Crippen LogP contribution is -2.13. The van der Waals surface area contributed by atoms with Crippen molar-refractivity contribution >= 4 is 34.1 Å². The summed E-state index contributed by atoms with van der Waals surface area (Å²) >= 11 is 5.93. The first-order chi connectivity index (χ1) is 15.2. The van der Waals surface area contributed by atoms with Crippen LogP contribution in [0.25, 0.3) is 22.0 Å². The van der Waals surface area contributed by atoms with Gasteiger partial charge in [0.15, 0.2) is 5.82 Å². The Hall–Kier alpha value is -3.90. The van der Waals surface area contributed by atoms with Crippen LogP contribution in [0.3, 0.4) is 0 Å². The number of fused-ring (bicyclic) bond motifs is 1. The number of aromatic amines is 1. The SMILES string of the molecule is O=C(Nc1ccn(Cc2cccc3ccccc23)n1)c1cc(-c2ccc(Cl)cc2)n[nH]1. The second kappa shape index (κ2) is 8.08. The quantitative estimate of drug-likeness (QED) is 0.395. The summed E-state index contributed by atoms with van der Waals surface area (Å²) in [6, 6.07) is 25.2. The number of carbonyl (C=O) groups is 1. The largest absolute Gasteiger partial charge is 0.304 e. The number of nitrogens with zero attached hydrogens (tertiary/aromatic N) is 3. The van der Waals surface area contributed by atoms with Gasteiger partial charge in [0.1, 0.15) is 5.69 Å². The summed E-state index contributed by atoms with van der Waals surface area (Å²) in [4.78, 5) is 12.6. The number of hydrogen-bond acceptors (Lipinski definition) is 3. The van der Waals surface area contributed by atoms with E-state index in [4.69, 9.17) is 11.6 Å². The van der Waals surface area contributed by atoms with E-state index in [1.807, 2.05) is 41.2 Å². The maximum atomic E-state index is 12.6. The van der Waals surface area contributed by atoms with Crippen LogP contribution < -0.4 is 5.32 Å². The van der Waals surface area contributed by atoms with Crippen molar-refractivity contribution in [2.24, 2.45) is 0 Å². The van der Waals surface area contributed by atoms with Gasteiger partial charge in [-0.1, -0.05) is 66.2 Å². The Morgan fingerprint density at radius 1 is 1.00 bits per heavy atom. The van der Waals surface area contributed by atoms with Gasteiger partial charge in [0.25, 0.3) is 5.91 Å². The molecule has 0 atom stereocenters. The third-order valence-corrected chi connectivity index (χ3v) is 5.31. The predicted molar refractivity (Wildman–Crippen MR) is 122 cm³/mol. The molecule has 0 fully saturated rings. The zero-order chi connectivity index (χ0) is 21.2. The monoisotopic (exact) mass is 427 g/mol. The van der Waals surface area contributed by atoms with Crippen LogP contribution in [0.2, 0.25) is 5.02 Å². The second-order valence-corrected chi connectivity index (χ2v) is 7.60. The lowest BCUT2D eigenvalue weighted by Gasteiger charge is -2.06. The zero-order valence-corrected chi connectivity index (χ0v) is 17.2. The normalized spacial score (nSPS) is 11.0. The van der Waals surface area contributed by atoms with Crippen molar-refractivity contribution < 1.29 is 4.79 Å². The standard InChI is InChI=1S/C24H18ClN5O/c25-19-10-8-17(9-11-19)21-14-22(28-27-21)24(31)26-23-12-13-30(29-23)15-18-6-3-5-16-4-1-2-7-20(16)18/h1-14H,15H2,(H,27,28)(H,26,29,31). The van der Waals surface area contributed by atoms with Crippen LogP contribution in [0.1, 0.15) is 16.1 Å². The molecule has 2 heterocycles. The minimum atomic E-state index is -0.303. The highest BCUT2D eigenvalue weighted by atomic mass is 35.5. The summed E-state index contributed by atoms with van der Waals surface area (Å²) in [7, 11) is 0. The van der Waals surface area contributed by atoms with Gasteiger partial charge >= 0.3 is 0 Å². The third-order valence-electron chi connectivity index (χ3n) is 5.06. The van der Waals surface area contributed by atoms with E-state index in [9.17, 15) is 4.79 Å². The third kappa shape index (κ3) is 4.06. The van der Waals surface area contributed by atoms with E-state index >= 15 is 0 Å². The molecular formula is C24H18ClN5O. The summed E-state index contributed by atoms with van der Waals surface area (Å²) in [5.74, 6) is 0.177. The first-order valence-corrected chi connectivity index (χ1v) is 10.2. The predicted octanol–water partition coefficient (Wildman–Crippen LogP) is 5.38. The number of rotatable bonds is 5. The molecule has 0 bridgehead atoms. The molecule has 5 rings (SSSR count). The molecule has 0 saturated carbocycles. The van der Waals surface area contributed by atoms with Gasteiger partial charge in [0, 0.05) is 22.8 Å². The highest BCUT2D eigenvalue weighted by Crippen LogP contribution is 2.21. The van der Waals surface area contributed by atoms with Gasteiger partial charge in [0.2, 0.25) is 0 Å². The molecule has 0 aliphatic rings. The van der Waals surface area contributed by atoms with Crippen LogP contribution in [-0.2, 0) is 6.54 Å². The maximum absolute atomic E-state index is 12.6. The molecule has 3 aromatic carbocycles. The first kappa shape index (κ1) is 19.1. The van der Waals surface area contributed by atoms with E-state index in [2.05, 4.69) is 44.9 Å². The van der Waals surface area contributed by atoms with E-state index in [0.717, 1.165) is 5.56 Å². The molecule has 7 heteroatoms. The van der Waals surface area contributed by atoms with E-state index in [-0.39, 0.29) is 5.91 Å². The van der Waals surface area contributed by atoms with Gasteiger partial charge in [0.05, 0.1) is 12.2 Å². The number of anilines is 1. The molecule has 0 aliphatic carbocycles. The molecule has 0 aliphatic heterocycles. The molecular weight excluding hydrogens is 410 g/mol. The molecule has 6 nitrogen and oxygen atoms in total. The molecule has 0 radical (unpaired) electrons. The van der Waals surface area contributed by atoms with Crippen LogP contribution >= 0.6 is 11.6 Å². The lowest BCUT2D eigenvalue weighted by atomic mass is 10.0. The van der Waals surface area contributed by atoms with Crippen molar-refractivity contribution in [1.82, 2.24) is 20.0 Å². The topological polar surface area (TPSA) is 75.6 Å². The van der Waals surface area contributed by atoms with Crippen molar-refractivity contribution in [3.8, 4) is 11.3 Å². The fourth-order valence-corrected chi connectivity index (χ4v) is 3.64. The van der Waals surface area contributed by atoms with Crippen molar-refractivity contribution in [3.63, 3.8) is 0 Å². The van der Waals surface area contributed by atoms with Crippen LogP contribution in [0.15, 0.2) is 85.1 Å². The number of benzene rings is 3. The molecule has 31 heavy (non-hydrogen) atoms. The molecule has 0 saturated heterocycles. The number of H-pyrrole nitrogens is 1. The lowest BCUT2D eigenvalue weighted by molar-refractivity contribution is 0.102. The summed E-state index contributed by atoms with van der Waals surface area (Å²) in [6.07, 6.45) is 1.85. The number of hydrogen-bond donors (Lipinski definition) is 2. The molecule has 2 aromatic heterocycles. The Balaban J connectivity index is 1.29. The van der Waals surface area contributed by atoms with Crippen molar-refractivity contribution in [2.45, 2.75) is 6.54 Å². The summed E-state index contributed by atoms with van der Waals surface area (Å²) < 4.78 is 1.81. The number of carbonyl (C=O) groups excluding carboxylic acids is 1. The molecule has 2 N–H and O–H groups in total. The van der Waals surface area contributed by atoms with Gasteiger partial charge in [-0.25, -0.2) is 0 Å². The smallest absolute Gasteiger partial charge is 0.274 e. The number of halogens is 1. The van der Waals surface area contributed by atoms with Crippen LogP contribution in [0.5, 0.6) is 0 Å². The fraction of sp³-hybridized carbons (Fsp3) is 0.0417. The zero-order valence-electron chi connectivity index (χ0n) is 16.4. The minimum absolute atomic E-state index is 0.303. The van der Waals surface area contributed by atoms with Crippen molar-refractivity contribution in [3.05, 3.63) is 101 Å². The van der Waals surface area contributed by atoms with Gasteiger partial charge in [-0.05, 0) is 34.5 Å². The fourth-order valence-electron chi connectivity index (χ4n) is 3.51. The average molecular weight is 428 g/mol. The first-order valence-electron chi connectivity index (χ1n) is 9.78. The van der Waals surface area contributed by atoms with E-state index in [1.54, 1.807) is 24.3 Å². The second-order valence-electron chi connectivity index (χ2n) is 7.16. The average Bonchev–Trinajstić information content (AvgIpc) is 3.45. The summed E-state index contributed by atoms with van der Waals surface area (Å²) in [5.41, 5.74) is 3.07. The number of amides is 1. The van der Waals surface area contributed by atoms with E-state index in [1.165, 1.54) is 16.3 Å². The highest BCUT2D eigenvalue weighted by molar-refractivity contribution is 6.30. The van der Waals surface area contributed by atoms with Crippen LogP contribution in [0, 0.1) is 0 Å². The van der Waals surface area contributed by atoms with Crippen molar-refractivity contribution in [2.75, 3.05) is 5.32 Å². The minimum Gasteiger partial charge on any atom is -0.304 e. The Kier molecular flexibility index (Phi) is 4.98. The van der Waals surface area contributed by atoms with Gasteiger partial charge in [-0.2, -0.15) is 10.2 Å².